The van der Waals surface area contributed by atoms with Crippen LogP contribution < -0.4 is 11.7 Å². The molecule has 8 heavy (non-hydrogen) atoms. The molecule has 0 radical (unpaired) electrons. The Labute approximate surface area is 49.3 Å². The average molecular weight is 119 g/mol. The number of hydrogen-bond acceptors (Lipinski definition) is 4. The predicted molar refractivity (Wildman–Crippen MR) is 31.3 cm³/mol. The molecule has 4 heteroatoms. The minimum Gasteiger partial charge on any atom is -0.362 e. The molecule has 0 heterocycles. The fourth-order valence-corrected chi connectivity index (χ4v) is 0.105. The molecule has 0 spiro atoms. The minimum absolute atomic E-state index is 0.569. The van der Waals surface area contributed by atoms with Gasteiger partial charge in [0.2, 0.25) is 0 Å². The third-order valence-electron chi connectivity index (χ3n) is 1.12. The van der Waals surface area contributed by atoms with Gasteiger partial charge in [0.1, 0.15) is 5.72 Å². The van der Waals surface area contributed by atoms with E-state index in [2.05, 4.69) is 0 Å². The third kappa shape index (κ3) is 1.75. The fraction of sp³-hybridized carbons (Fsp3) is 1.00. The molecule has 0 aromatic rings. The first-order valence-corrected chi connectivity index (χ1v) is 2.35. The summed E-state index contributed by atoms with van der Waals surface area (Å²) in [7, 11) is 1.55. The number of hydrazine groups is 2. The first-order chi connectivity index (χ1) is 3.50. The van der Waals surface area contributed by atoms with Crippen molar-refractivity contribution in [1.82, 2.24) is 5.12 Å². The highest BCUT2D eigenvalue weighted by molar-refractivity contribution is 4.58. The van der Waals surface area contributed by atoms with Gasteiger partial charge < -0.3 is 4.74 Å². The molecule has 0 aromatic carbocycles. The molecule has 0 aliphatic carbocycles. The summed E-state index contributed by atoms with van der Waals surface area (Å²) in [5, 5.41) is 1.02. The van der Waals surface area contributed by atoms with Crippen molar-refractivity contribution < 1.29 is 4.74 Å². The van der Waals surface area contributed by atoms with Gasteiger partial charge >= 0.3 is 0 Å². The molecule has 0 fully saturated rings. The SMILES string of the molecule is COC(C)(C)N(N)N. The van der Waals surface area contributed by atoms with E-state index in [1.165, 1.54) is 0 Å². The average Bonchev–Trinajstić information content (AvgIpc) is 1.67. The van der Waals surface area contributed by atoms with E-state index in [9.17, 15) is 0 Å². The molecule has 0 aliphatic rings. The topological polar surface area (TPSA) is 64.5 Å². The zero-order valence-electron chi connectivity index (χ0n) is 5.51. The van der Waals surface area contributed by atoms with Crippen molar-refractivity contribution in [3.63, 3.8) is 0 Å². The maximum atomic E-state index is 5.17. The zero-order chi connectivity index (χ0) is 6.78. The van der Waals surface area contributed by atoms with Gasteiger partial charge in [0.25, 0.3) is 0 Å². The van der Waals surface area contributed by atoms with Gasteiger partial charge in [-0.25, -0.2) is 0 Å². The van der Waals surface area contributed by atoms with E-state index in [0.29, 0.717) is 0 Å². The quantitative estimate of drug-likeness (QED) is 0.290. The van der Waals surface area contributed by atoms with Crippen LogP contribution in [-0.2, 0) is 4.74 Å². The second-order valence-electron chi connectivity index (χ2n) is 2.06. The molecular formula is C4H13N3O. The third-order valence-corrected chi connectivity index (χ3v) is 1.12. The van der Waals surface area contributed by atoms with Crippen molar-refractivity contribution in [2.75, 3.05) is 7.11 Å². The Morgan fingerprint density at radius 3 is 1.75 bits per heavy atom. The molecule has 0 atom stereocenters. The molecule has 4 N–H and O–H groups in total. The highest BCUT2D eigenvalue weighted by atomic mass is 16.5. The molecule has 50 valence electrons. The van der Waals surface area contributed by atoms with Crippen LogP contribution >= 0.6 is 0 Å². The van der Waals surface area contributed by atoms with Gasteiger partial charge in [-0.1, -0.05) is 0 Å². The summed E-state index contributed by atoms with van der Waals surface area (Å²) in [5.74, 6) is 10.3. The molecule has 0 unspecified atom stereocenters. The largest absolute Gasteiger partial charge is 0.362 e. The van der Waals surface area contributed by atoms with Crippen LogP contribution in [0.3, 0.4) is 0 Å². The molecule has 0 amide bonds. The molecule has 0 saturated heterocycles. The summed E-state index contributed by atoms with van der Waals surface area (Å²) >= 11 is 0. The van der Waals surface area contributed by atoms with Crippen molar-refractivity contribution in [3.05, 3.63) is 0 Å². The Balaban J connectivity index is 3.71. The first-order valence-electron chi connectivity index (χ1n) is 2.35. The Morgan fingerprint density at radius 1 is 1.38 bits per heavy atom. The lowest BCUT2D eigenvalue weighted by Gasteiger charge is -2.28. The van der Waals surface area contributed by atoms with E-state index < -0.39 is 5.72 Å². The minimum atomic E-state index is -0.569. The maximum absolute atomic E-state index is 5.17. The van der Waals surface area contributed by atoms with E-state index in [0.717, 1.165) is 5.12 Å². The Hall–Kier alpha value is -0.160. The summed E-state index contributed by atoms with van der Waals surface area (Å²) in [5.41, 5.74) is -0.569. The number of hydrogen-bond donors (Lipinski definition) is 2. The van der Waals surface area contributed by atoms with Crippen LogP contribution in [0, 0.1) is 0 Å². The first kappa shape index (κ1) is 7.84. The molecule has 0 saturated carbocycles. The molecular weight excluding hydrogens is 106 g/mol. The highest BCUT2D eigenvalue weighted by Gasteiger charge is 2.19. The number of rotatable bonds is 2. The van der Waals surface area contributed by atoms with E-state index in [4.69, 9.17) is 16.4 Å². The normalized spacial score (nSPS) is 12.8. The van der Waals surface area contributed by atoms with Crippen molar-refractivity contribution in [2.24, 2.45) is 11.7 Å². The van der Waals surface area contributed by atoms with Crippen molar-refractivity contribution in [3.8, 4) is 0 Å². The molecule has 0 rings (SSSR count). The highest BCUT2D eigenvalue weighted by Crippen LogP contribution is 2.04. The van der Waals surface area contributed by atoms with Crippen LogP contribution in [0.15, 0.2) is 0 Å². The van der Waals surface area contributed by atoms with Gasteiger partial charge in [0.05, 0.1) is 0 Å². The Morgan fingerprint density at radius 2 is 1.75 bits per heavy atom. The number of nitrogens with two attached hydrogens (primary N) is 2. The van der Waals surface area contributed by atoms with Crippen LogP contribution in [0.5, 0.6) is 0 Å². The smallest absolute Gasteiger partial charge is 0.141 e. The summed E-state index contributed by atoms with van der Waals surface area (Å²) in [6, 6.07) is 0. The Kier molecular flexibility index (Phi) is 2.36. The lowest BCUT2D eigenvalue weighted by molar-refractivity contribution is -0.112. The number of nitrogens with zero attached hydrogens (tertiary/aromatic N) is 1. The number of methoxy groups -OCH3 is 1. The van der Waals surface area contributed by atoms with Crippen LogP contribution in [-0.4, -0.2) is 18.0 Å². The van der Waals surface area contributed by atoms with Crippen LogP contribution in [0.4, 0.5) is 0 Å². The van der Waals surface area contributed by atoms with Crippen molar-refractivity contribution >= 4 is 0 Å². The molecule has 0 aromatic heterocycles. The lowest BCUT2D eigenvalue weighted by Crippen LogP contribution is -2.54. The standard InChI is InChI=1S/C4H13N3O/c1-4(2,8-3)7(5)6/h5-6H2,1-3H3. The summed E-state index contributed by atoms with van der Waals surface area (Å²) in [6.45, 7) is 3.54. The van der Waals surface area contributed by atoms with Gasteiger partial charge in [-0.05, 0) is 13.8 Å². The predicted octanol–water partition coefficient (Wildman–Crippen LogP) is -0.582. The second-order valence-corrected chi connectivity index (χ2v) is 2.06. The Bertz CT molecular complexity index is 71.7. The molecule has 4 nitrogen and oxygen atoms in total. The maximum Gasteiger partial charge on any atom is 0.141 e. The second kappa shape index (κ2) is 2.41. The number of ether oxygens (including phenoxy) is 1. The molecule has 0 bridgehead atoms. The van der Waals surface area contributed by atoms with Crippen molar-refractivity contribution in [1.29, 1.82) is 0 Å². The van der Waals surface area contributed by atoms with E-state index in [1.807, 2.05) is 0 Å². The van der Waals surface area contributed by atoms with Crippen LogP contribution in [0.1, 0.15) is 13.8 Å². The lowest BCUT2D eigenvalue weighted by atomic mass is 10.3. The van der Waals surface area contributed by atoms with Gasteiger partial charge in [0, 0.05) is 7.11 Å². The van der Waals surface area contributed by atoms with Gasteiger partial charge in [-0.15, -0.1) is 0 Å². The van der Waals surface area contributed by atoms with Crippen molar-refractivity contribution in [2.45, 2.75) is 19.6 Å². The fourth-order valence-electron chi connectivity index (χ4n) is 0.105. The van der Waals surface area contributed by atoms with Gasteiger partial charge in [-0.2, -0.15) is 5.12 Å². The van der Waals surface area contributed by atoms with Gasteiger partial charge in [-0.3, -0.25) is 11.7 Å². The summed E-state index contributed by atoms with van der Waals surface area (Å²) in [4.78, 5) is 0. The monoisotopic (exact) mass is 119 g/mol. The van der Waals surface area contributed by atoms with E-state index in [-0.39, 0.29) is 0 Å². The van der Waals surface area contributed by atoms with Crippen LogP contribution in [0.2, 0.25) is 0 Å². The van der Waals surface area contributed by atoms with Gasteiger partial charge in [0.15, 0.2) is 0 Å². The summed E-state index contributed by atoms with van der Waals surface area (Å²) < 4.78 is 4.88. The summed E-state index contributed by atoms with van der Waals surface area (Å²) in [6.07, 6.45) is 0. The zero-order valence-corrected chi connectivity index (χ0v) is 5.51. The molecule has 0 aliphatic heterocycles. The van der Waals surface area contributed by atoms with Crippen LogP contribution in [0.25, 0.3) is 0 Å². The van der Waals surface area contributed by atoms with E-state index in [1.54, 1.807) is 21.0 Å². The van der Waals surface area contributed by atoms with E-state index >= 15 is 0 Å².